The van der Waals surface area contributed by atoms with E-state index in [0.717, 1.165) is 27.4 Å². The topological polar surface area (TPSA) is 35.0 Å². The summed E-state index contributed by atoms with van der Waals surface area (Å²) >= 11 is 3.46. The number of benzene rings is 1. The Balaban J connectivity index is 2.10. The molecule has 18 heavy (non-hydrogen) atoms. The minimum Gasteiger partial charge on any atom is -0.496 e. The molecule has 92 valence electrons. The molecule has 1 aliphatic rings. The molecule has 1 aliphatic carbocycles. The number of aromatic nitrogens is 2. The van der Waals surface area contributed by atoms with Gasteiger partial charge in [-0.05, 0) is 47.0 Å². The minimum absolute atomic E-state index is 0.538. The third kappa shape index (κ3) is 2.25. The van der Waals surface area contributed by atoms with Crippen LogP contribution in [-0.2, 0) is 0 Å². The van der Waals surface area contributed by atoms with Crippen LogP contribution in [0.1, 0.15) is 24.6 Å². The van der Waals surface area contributed by atoms with Gasteiger partial charge in [0, 0.05) is 11.5 Å². The van der Waals surface area contributed by atoms with Crippen LogP contribution in [0.25, 0.3) is 11.3 Å². The highest BCUT2D eigenvalue weighted by molar-refractivity contribution is 9.10. The van der Waals surface area contributed by atoms with E-state index in [2.05, 4.69) is 25.9 Å². The van der Waals surface area contributed by atoms with Gasteiger partial charge < -0.3 is 4.74 Å². The van der Waals surface area contributed by atoms with Gasteiger partial charge in [-0.2, -0.15) is 0 Å². The van der Waals surface area contributed by atoms with Gasteiger partial charge >= 0.3 is 0 Å². The van der Waals surface area contributed by atoms with Gasteiger partial charge in [0.25, 0.3) is 0 Å². The number of methoxy groups -OCH3 is 1. The number of para-hydroxylation sites is 1. The van der Waals surface area contributed by atoms with E-state index in [9.17, 15) is 0 Å². The Morgan fingerprint density at radius 2 is 2.00 bits per heavy atom. The number of hydrogen-bond donors (Lipinski definition) is 0. The lowest BCUT2D eigenvalue weighted by molar-refractivity contribution is 0.416. The largest absolute Gasteiger partial charge is 0.496 e. The molecular weight excluding hydrogens is 292 g/mol. The maximum Gasteiger partial charge on any atom is 0.133 e. The van der Waals surface area contributed by atoms with Crippen molar-refractivity contribution in [2.24, 2.45) is 0 Å². The Kier molecular flexibility index (Phi) is 3.04. The Morgan fingerprint density at radius 3 is 2.72 bits per heavy atom. The zero-order chi connectivity index (χ0) is 12.5. The molecule has 1 fully saturated rings. The maximum absolute atomic E-state index is 5.38. The molecule has 0 saturated heterocycles. The molecule has 0 unspecified atom stereocenters. The summed E-state index contributed by atoms with van der Waals surface area (Å²) in [6.07, 6.45) is 2.39. The standard InChI is InChI=1S/C14H13BrN2O/c1-18-12-5-3-2-4-10(12)11-8-13(15)17-14(16-11)9-6-7-9/h2-5,8-9H,6-7H2,1H3. The van der Waals surface area contributed by atoms with Crippen molar-refractivity contribution in [3.8, 4) is 17.0 Å². The molecule has 1 aromatic heterocycles. The van der Waals surface area contributed by atoms with Crippen LogP contribution in [0.3, 0.4) is 0 Å². The molecule has 0 spiro atoms. The molecule has 0 N–H and O–H groups in total. The molecule has 1 aromatic carbocycles. The first-order valence-electron chi connectivity index (χ1n) is 5.96. The first-order chi connectivity index (χ1) is 8.78. The third-order valence-electron chi connectivity index (χ3n) is 3.04. The van der Waals surface area contributed by atoms with Crippen molar-refractivity contribution >= 4 is 15.9 Å². The van der Waals surface area contributed by atoms with Gasteiger partial charge in [0.1, 0.15) is 16.2 Å². The first kappa shape index (κ1) is 11.7. The quantitative estimate of drug-likeness (QED) is 0.809. The van der Waals surface area contributed by atoms with Crippen LogP contribution in [0.15, 0.2) is 34.9 Å². The van der Waals surface area contributed by atoms with E-state index < -0.39 is 0 Å². The monoisotopic (exact) mass is 304 g/mol. The second-order valence-corrected chi connectivity index (χ2v) is 5.22. The van der Waals surface area contributed by atoms with Crippen molar-refractivity contribution in [2.75, 3.05) is 7.11 Å². The summed E-state index contributed by atoms with van der Waals surface area (Å²) in [6, 6.07) is 9.85. The van der Waals surface area contributed by atoms with Crippen molar-refractivity contribution in [1.29, 1.82) is 0 Å². The maximum atomic E-state index is 5.38. The molecule has 0 amide bonds. The summed E-state index contributed by atoms with van der Waals surface area (Å²) in [5, 5.41) is 0. The lowest BCUT2D eigenvalue weighted by atomic mass is 10.1. The number of nitrogens with zero attached hydrogens (tertiary/aromatic N) is 2. The van der Waals surface area contributed by atoms with E-state index in [1.165, 1.54) is 12.8 Å². The van der Waals surface area contributed by atoms with Crippen molar-refractivity contribution in [2.45, 2.75) is 18.8 Å². The summed E-state index contributed by atoms with van der Waals surface area (Å²) < 4.78 is 6.21. The van der Waals surface area contributed by atoms with E-state index in [0.29, 0.717) is 5.92 Å². The van der Waals surface area contributed by atoms with Crippen molar-refractivity contribution in [1.82, 2.24) is 9.97 Å². The molecule has 3 rings (SSSR count). The molecule has 2 aromatic rings. The van der Waals surface area contributed by atoms with Gasteiger partial charge in [-0.3, -0.25) is 0 Å². The zero-order valence-corrected chi connectivity index (χ0v) is 11.6. The Labute approximate surface area is 114 Å². The Bertz CT molecular complexity index is 582. The second kappa shape index (κ2) is 4.69. The predicted octanol–water partition coefficient (Wildman–Crippen LogP) is 3.79. The molecular formula is C14H13BrN2O. The Hall–Kier alpha value is -1.42. The fraction of sp³-hybridized carbons (Fsp3) is 0.286. The van der Waals surface area contributed by atoms with E-state index in [4.69, 9.17) is 4.74 Å². The molecule has 0 bridgehead atoms. The fourth-order valence-corrected chi connectivity index (χ4v) is 2.35. The second-order valence-electron chi connectivity index (χ2n) is 4.41. The number of ether oxygens (including phenoxy) is 1. The molecule has 3 nitrogen and oxygen atoms in total. The summed E-state index contributed by atoms with van der Waals surface area (Å²) in [7, 11) is 1.68. The van der Waals surface area contributed by atoms with Crippen molar-refractivity contribution < 1.29 is 4.74 Å². The van der Waals surface area contributed by atoms with Crippen LogP contribution in [-0.4, -0.2) is 17.1 Å². The lowest BCUT2D eigenvalue weighted by Crippen LogP contribution is -1.97. The van der Waals surface area contributed by atoms with E-state index in [1.807, 2.05) is 30.3 Å². The van der Waals surface area contributed by atoms with Crippen LogP contribution < -0.4 is 4.74 Å². The Morgan fingerprint density at radius 1 is 1.22 bits per heavy atom. The van der Waals surface area contributed by atoms with Crippen LogP contribution >= 0.6 is 15.9 Å². The average molecular weight is 305 g/mol. The van der Waals surface area contributed by atoms with Crippen LogP contribution in [0, 0.1) is 0 Å². The average Bonchev–Trinajstić information content (AvgIpc) is 3.22. The number of hydrogen-bond acceptors (Lipinski definition) is 3. The summed E-state index contributed by atoms with van der Waals surface area (Å²) in [4.78, 5) is 9.09. The predicted molar refractivity (Wildman–Crippen MR) is 73.7 cm³/mol. The normalized spacial score (nSPS) is 14.6. The molecule has 1 saturated carbocycles. The lowest BCUT2D eigenvalue weighted by Gasteiger charge is -2.09. The smallest absolute Gasteiger partial charge is 0.133 e. The van der Waals surface area contributed by atoms with E-state index in [1.54, 1.807) is 7.11 Å². The highest BCUT2D eigenvalue weighted by Gasteiger charge is 2.27. The van der Waals surface area contributed by atoms with Gasteiger partial charge in [-0.25, -0.2) is 9.97 Å². The summed E-state index contributed by atoms with van der Waals surface area (Å²) in [5.41, 5.74) is 1.92. The van der Waals surface area contributed by atoms with Gasteiger partial charge in [-0.15, -0.1) is 0 Å². The molecule has 0 atom stereocenters. The summed E-state index contributed by atoms with van der Waals surface area (Å²) in [6.45, 7) is 0. The summed E-state index contributed by atoms with van der Waals surface area (Å²) in [5.74, 6) is 2.31. The molecule has 1 heterocycles. The SMILES string of the molecule is COc1ccccc1-c1cc(Br)nc(C2CC2)n1. The van der Waals surface area contributed by atoms with E-state index >= 15 is 0 Å². The first-order valence-corrected chi connectivity index (χ1v) is 6.75. The fourth-order valence-electron chi connectivity index (χ4n) is 1.95. The highest BCUT2D eigenvalue weighted by atomic mass is 79.9. The highest BCUT2D eigenvalue weighted by Crippen LogP contribution is 2.39. The zero-order valence-electron chi connectivity index (χ0n) is 10.1. The minimum atomic E-state index is 0.538. The third-order valence-corrected chi connectivity index (χ3v) is 3.44. The number of halogens is 1. The molecule has 0 radical (unpaired) electrons. The number of rotatable bonds is 3. The van der Waals surface area contributed by atoms with Crippen molar-refractivity contribution in [3.63, 3.8) is 0 Å². The van der Waals surface area contributed by atoms with E-state index in [-0.39, 0.29) is 0 Å². The van der Waals surface area contributed by atoms with Gasteiger partial charge in [0.15, 0.2) is 0 Å². The van der Waals surface area contributed by atoms with Crippen LogP contribution in [0.5, 0.6) is 5.75 Å². The van der Waals surface area contributed by atoms with Gasteiger partial charge in [-0.1, -0.05) is 12.1 Å². The van der Waals surface area contributed by atoms with Gasteiger partial charge in [0.05, 0.1) is 12.8 Å². The van der Waals surface area contributed by atoms with Gasteiger partial charge in [0.2, 0.25) is 0 Å². The van der Waals surface area contributed by atoms with Crippen LogP contribution in [0.4, 0.5) is 0 Å². The molecule has 4 heteroatoms. The molecule has 0 aliphatic heterocycles. The van der Waals surface area contributed by atoms with Crippen LogP contribution in [0.2, 0.25) is 0 Å². The van der Waals surface area contributed by atoms with Crippen molar-refractivity contribution in [3.05, 3.63) is 40.8 Å².